The zero-order valence-electron chi connectivity index (χ0n) is 9.42. The second-order valence-corrected chi connectivity index (χ2v) is 4.74. The molecular formula is C12H13FN2OS. The molecule has 1 aromatic heterocycles. The normalized spacial score (nSPS) is 10.7. The van der Waals surface area contributed by atoms with Crippen LogP contribution in [0.25, 0.3) is 10.1 Å². The van der Waals surface area contributed by atoms with Crippen molar-refractivity contribution < 1.29 is 9.18 Å². The summed E-state index contributed by atoms with van der Waals surface area (Å²) in [4.78, 5) is 12.4. The molecule has 0 spiro atoms. The fourth-order valence-corrected chi connectivity index (χ4v) is 2.47. The third-order valence-corrected chi connectivity index (χ3v) is 3.48. The quantitative estimate of drug-likeness (QED) is 0.817. The fraction of sp³-hybridized carbons (Fsp3) is 0.250. The Morgan fingerprint density at radius 1 is 1.35 bits per heavy atom. The van der Waals surface area contributed by atoms with Crippen molar-refractivity contribution in [3.05, 3.63) is 35.0 Å². The molecule has 2 aromatic rings. The van der Waals surface area contributed by atoms with E-state index in [2.05, 4.69) is 10.6 Å². The molecule has 0 saturated heterocycles. The highest BCUT2D eigenvalue weighted by Gasteiger charge is 2.09. The number of hydrogen-bond acceptors (Lipinski definition) is 3. The topological polar surface area (TPSA) is 41.1 Å². The van der Waals surface area contributed by atoms with Crippen LogP contribution in [0.5, 0.6) is 0 Å². The molecule has 0 bridgehead atoms. The van der Waals surface area contributed by atoms with Crippen LogP contribution in [0.15, 0.2) is 24.3 Å². The molecule has 0 saturated carbocycles. The lowest BCUT2D eigenvalue weighted by molar-refractivity contribution is 0.0958. The van der Waals surface area contributed by atoms with Crippen LogP contribution in [-0.4, -0.2) is 26.0 Å². The minimum atomic E-state index is -0.280. The molecule has 0 aliphatic carbocycles. The summed E-state index contributed by atoms with van der Waals surface area (Å²) in [5, 5.41) is 6.51. The maximum absolute atomic E-state index is 13.0. The molecular weight excluding hydrogens is 239 g/mol. The molecule has 0 aliphatic heterocycles. The molecule has 1 amide bonds. The zero-order valence-corrected chi connectivity index (χ0v) is 10.2. The minimum Gasteiger partial charge on any atom is -0.350 e. The van der Waals surface area contributed by atoms with E-state index in [0.717, 1.165) is 16.6 Å². The first-order valence-corrected chi connectivity index (χ1v) is 6.14. The van der Waals surface area contributed by atoms with Crippen LogP contribution in [0.3, 0.4) is 0 Å². The van der Waals surface area contributed by atoms with Gasteiger partial charge < -0.3 is 10.6 Å². The van der Waals surface area contributed by atoms with Crippen molar-refractivity contribution in [3.8, 4) is 0 Å². The molecule has 0 radical (unpaired) electrons. The lowest BCUT2D eigenvalue weighted by Gasteiger charge is -2.01. The number of nitrogens with one attached hydrogen (secondary N) is 2. The monoisotopic (exact) mass is 252 g/mol. The summed E-state index contributed by atoms with van der Waals surface area (Å²) < 4.78 is 13.9. The summed E-state index contributed by atoms with van der Waals surface area (Å²) in [7, 11) is 1.83. The van der Waals surface area contributed by atoms with Crippen molar-refractivity contribution in [3.63, 3.8) is 0 Å². The van der Waals surface area contributed by atoms with Crippen molar-refractivity contribution >= 4 is 27.3 Å². The van der Waals surface area contributed by atoms with Gasteiger partial charge in [0.25, 0.3) is 5.91 Å². The molecule has 2 rings (SSSR count). The van der Waals surface area contributed by atoms with Crippen molar-refractivity contribution in [2.75, 3.05) is 20.1 Å². The van der Waals surface area contributed by atoms with E-state index in [-0.39, 0.29) is 11.7 Å². The lowest BCUT2D eigenvalue weighted by Crippen LogP contribution is -2.29. The maximum Gasteiger partial charge on any atom is 0.261 e. The zero-order chi connectivity index (χ0) is 12.3. The Labute approximate surface area is 103 Å². The van der Waals surface area contributed by atoms with Crippen LogP contribution in [0.1, 0.15) is 9.67 Å². The summed E-state index contributed by atoms with van der Waals surface area (Å²) >= 11 is 1.37. The molecule has 0 unspecified atom stereocenters. The summed E-state index contributed by atoms with van der Waals surface area (Å²) in [5.41, 5.74) is 0. The third-order valence-electron chi connectivity index (χ3n) is 2.36. The number of carbonyl (C=O) groups is 1. The molecule has 0 atom stereocenters. The summed E-state index contributed by atoms with van der Waals surface area (Å²) in [6.07, 6.45) is 0. The van der Waals surface area contributed by atoms with Crippen molar-refractivity contribution in [1.82, 2.24) is 10.6 Å². The molecule has 0 aliphatic rings. The second-order valence-electron chi connectivity index (χ2n) is 3.65. The van der Waals surface area contributed by atoms with Gasteiger partial charge in [0.05, 0.1) is 4.88 Å². The predicted octanol–water partition coefficient (Wildman–Crippen LogP) is 1.99. The van der Waals surface area contributed by atoms with Gasteiger partial charge in [-0.2, -0.15) is 0 Å². The number of halogens is 1. The highest BCUT2D eigenvalue weighted by molar-refractivity contribution is 7.20. The van der Waals surface area contributed by atoms with E-state index < -0.39 is 0 Å². The Balaban J connectivity index is 2.15. The van der Waals surface area contributed by atoms with E-state index in [1.54, 1.807) is 12.1 Å². The van der Waals surface area contributed by atoms with E-state index in [4.69, 9.17) is 0 Å². The third kappa shape index (κ3) is 2.81. The van der Waals surface area contributed by atoms with Crippen molar-refractivity contribution in [2.45, 2.75) is 0 Å². The number of carbonyl (C=O) groups excluding carboxylic acids is 1. The molecule has 5 heteroatoms. The Kier molecular flexibility index (Phi) is 3.71. The van der Waals surface area contributed by atoms with Crippen molar-refractivity contribution in [1.29, 1.82) is 0 Å². The largest absolute Gasteiger partial charge is 0.350 e. The van der Waals surface area contributed by atoms with Gasteiger partial charge in [-0.3, -0.25) is 4.79 Å². The van der Waals surface area contributed by atoms with Gasteiger partial charge in [0.15, 0.2) is 0 Å². The van der Waals surface area contributed by atoms with Gasteiger partial charge in [0, 0.05) is 17.8 Å². The predicted molar refractivity (Wildman–Crippen MR) is 68.0 cm³/mol. The maximum atomic E-state index is 13.0. The van der Waals surface area contributed by atoms with Gasteiger partial charge in [-0.05, 0) is 36.7 Å². The van der Waals surface area contributed by atoms with Crippen molar-refractivity contribution in [2.24, 2.45) is 0 Å². The number of hydrogen-bond donors (Lipinski definition) is 2. The lowest BCUT2D eigenvalue weighted by atomic mass is 10.2. The van der Waals surface area contributed by atoms with Gasteiger partial charge >= 0.3 is 0 Å². The van der Waals surface area contributed by atoms with Crippen LogP contribution in [-0.2, 0) is 0 Å². The first-order valence-electron chi connectivity index (χ1n) is 5.32. The van der Waals surface area contributed by atoms with Crippen LogP contribution < -0.4 is 10.6 Å². The molecule has 3 nitrogen and oxygen atoms in total. The van der Waals surface area contributed by atoms with E-state index in [0.29, 0.717) is 11.4 Å². The van der Waals surface area contributed by atoms with Crippen LogP contribution in [0, 0.1) is 5.82 Å². The number of likely N-dealkylation sites (N-methyl/N-ethyl adjacent to an activating group) is 1. The SMILES string of the molecule is CNCCNC(=O)c1cc2cc(F)ccc2s1. The highest BCUT2D eigenvalue weighted by Crippen LogP contribution is 2.26. The Morgan fingerprint density at radius 2 is 2.18 bits per heavy atom. The number of rotatable bonds is 4. The van der Waals surface area contributed by atoms with Crippen LogP contribution >= 0.6 is 11.3 Å². The number of fused-ring (bicyclic) bond motifs is 1. The average Bonchev–Trinajstić information content (AvgIpc) is 2.72. The van der Waals surface area contributed by atoms with Crippen LogP contribution in [0.2, 0.25) is 0 Å². The molecule has 0 fully saturated rings. The highest BCUT2D eigenvalue weighted by atomic mass is 32.1. The van der Waals surface area contributed by atoms with E-state index in [1.807, 2.05) is 7.05 Å². The first-order chi connectivity index (χ1) is 8.20. The van der Waals surface area contributed by atoms with Gasteiger partial charge in [-0.25, -0.2) is 4.39 Å². The fourth-order valence-electron chi connectivity index (χ4n) is 1.51. The minimum absolute atomic E-state index is 0.109. The smallest absolute Gasteiger partial charge is 0.261 e. The van der Waals surface area contributed by atoms with E-state index in [1.165, 1.54) is 23.5 Å². The Bertz CT molecular complexity index is 538. The number of amides is 1. The Morgan fingerprint density at radius 3 is 2.94 bits per heavy atom. The van der Waals surface area contributed by atoms with E-state index >= 15 is 0 Å². The Hall–Kier alpha value is -1.46. The average molecular weight is 252 g/mol. The van der Waals surface area contributed by atoms with Gasteiger partial charge in [-0.1, -0.05) is 0 Å². The second kappa shape index (κ2) is 5.25. The summed E-state index contributed by atoms with van der Waals surface area (Å²) in [6.45, 7) is 1.31. The van der Waals surface area contributed by atoms with E-state index in [9.17, 15) is 9.18 Å². The standard InChI is InChI=1S/C12H13FN2OS/c1-14-4-5-15-12(16)11-7-8-6-9(13)2-3-10(8)17-11/h2-3,6-7,14H,4-5H2,1H3,(H,15,16). The summed E-state index contributed by atoms with van der Waals surface area (Å²) in [6, 6.07) is 6.26. The van der Waals surface area contributed by atoms with Crippen LogP contribution in [0.4, 0.5) is 4.39 Å². The van der Waals surface area contributed by atoms with Gasteiger partial charge in [-0.15, -0.1) is 11.3 Å². The number of benzene rings is 1. The molecule has 1 heterocycles. The molecule has 90 valence electrons. The number of thiophene rings is 1. The van der Waals surface area contributed by atoms with Gasteiger partial charge in [0.1, 0.15) is 5.82 Å². The molecule has 2 N–H and O–H groups in total. The molecule has 1 aromatic carbocycles. The first kappa shape index (κ1) is 12.0. The van der Waals surface area contributed by atoms with Gasteiger partial charge in [0.2, 0.25) is 0 Å². The molecule has 17 heavy (non-hydrogen) atoms. The summed E-state index contributed by atoms with van der Waals surface area (Å²) in [5.74, 6) is -0.390.